The van der Waals surface area contributed by atoms with Crippen molar-refractivity contribution in [2.45, 2.75) is 19.3 Å². The van der Waals surface area contributed by atoms with Crippen LogP contribution in [0.25, 0.3) is 11.0 Å². The molecule has 1 aliphatic heterocycles. The smallest absolute Gasteiger partial charge is 0.257 e. The van der Waals surface area contributed by atoms with Gasteiger partial charge in [-0.3, -0.25) is 19.8 Å². The van der Waals surface area contributed by atoms with Crippen molar-refractivity contribution in [3.8, 4) is 0 Å². The number of aromatic nitrogens is 2. The Morgan fingerprint density at radius 1 is 1.00 bits per heavy atom. The second kappa shape index (κ2) is 6.56. The van der Waals surface area contributed by atoms with Gasteiger partial charge >= 0.3 is 0 Å². The lowest BCUT2D eigenvalue weighted by atomic mass is 9.86. The first-order valence-corrected chi connectivity index (χ1v) is 9.75. The fourth-order valence-corrected chi connectivity index (χ4v) is 3.90. The molecule has 0 unspecified atom stereocenters. The molecule has 5 rings (SSSR count). The highest BCUT2D eigenvalue weighted by molar-refractivity contribution is 6.14. The van der Waals surface area contributed by atoms with Crippen molar-refractivity contribution in [3.05, 3.63) is 83.9 Å². The molecule has 6 heteroatoms. The maximum absolute atomic E-state index is 13.2. The number of nitrogens with zero attached hydrogens (tertiary/aromatic N) is 2. The number of nitrogens with one attached hydrogen (secondary N) is 2. The first-order chi connectivity index (χ1) is 14.4. The third kappa shape index (κ3) is 2.76. The summed E-state index contributed by atoms with van der Waals surface area (Å²) in [6.07, 6.45) is 0. The van der Waals surface area contributed by atoms with E-state index in [4.69, 9.17) is 0 Å². The lowest BCUT2D eigenvalue weighted by Gasteiger charge is -2.20. The molecule has 6 nitrogen and oxygen atoms in total. The molecule has 2 N–H and O–H groups in total. The zero-order chi connectivity index (χ0) is 20.9. The number of hydrogen-bond acceptors (Lipinski definition) is 3. The van der Waals surface area contributed by atoms with Crippen molar-refractivity contribution in [1.29, 1.82) is 0 Å². The number of carbonyl (C=O) groups is 2. The van der Waals surface area contributed by atoms with Crippen molar-refractivity contribution >= 4 is 40.2 Å². The summed E-state index contributed by atoms with van der Waals surface area (Å²) >= 11 is 0. The molecule has 0 atom stereocenters. The molecule has 0 radical (unpaired) electrons. The van der Waals surface area contributed by atoms with E-state index in [0.29, 0.717) is 17.0 Å². The Hall–Kier alpha value is -3.93. The van der Waals surface area contributed by atoms with E-state index < -0.39 is 5.41 Å². The van der Waals surface area contributed by atoms with Gasteiger partial charge in [0.25, 0.3) is 5.91 Å². The highest BCUT2D eigenvalue weighted by Crippen LogP contribution is 2.46. The van der Waals surface area contributed by atoms with Gasteiger partial charge in [0.1, 0.15) is 0 Å². The third-order valence-electron chi connectivity index (χ3n) is 5.53. The van der Waals surface area contributed by atoms with E-state index in [9.17, 15) is 9.59 Å². The number of H-pyrrole nitrogens is 1. The van der Waals surface area contributed by atoms with Gasteiger partial charge in [-0.25, -0.2) is 4.98 Å². The topological polar surface area (TPSA) is 78.1 Å². The third-order valence-corrected chi connectivity index (χ3v) is 5.53. The van der Waals surface area contributed by atoms with E-state index in [1.165, 1.54) is 0 Å². The molecular weight excluding hydrogens is 376 g/mol. The van der Waals surface area contributed by atoms with Crippen molar-refractivity contribution in [1.82, 2.24) is 9.97 Å². The molecule has 2 heterocycles. The summed E-state index contributed by atoms with van der Waals surface area (Å²) in [5.41, 5.74) is 3.90. The van der Waals surface area contributed by atoms with Crippen LogP contribution in [-0.2, 0) is 10.2 Å². The van der Waals surface area contributed by atoms with E-state index in [1.54, 1.807) is 17.0 Å². The van der Waals surface area contributed by atoms with E-state index in [0.717, 1.165) is 22.5 Å². The van der Waals surface area contributed by atoms with Gasteiger partial charge in [-0.05, 0) is 55.8 Å². The molecule has 0 saturated carbocycles. The Morgan fingerprint density at radius 3 is 2.37 bits per heavy atom. The summed E-state index contributed by atoms with van der Waals surface area (Å²) in [7, 11) is 0. The SMILES string of the molecule is CC1(C)C(=O)N(c2ccccc2)c2cc3[nH]c(NC(=O)c4ccccc4)nc3cc21. The van der Waals surface area contributed by atoms with Crippen molar-refractivity contribution in [2.75, 3.05) is 10.2 Å². The van der Waals surface area contributed by atoms with Crippen LogP contribution in [0.4, 0.5) is 17.3 Å². The maximum atomic E-state index is 13.2. The Labute approximate surface area is 173 Å². The number of amides is 2. The molecule has 4 aromatic rings. The molecule has 3 aromatic carbocycles. The highest BCUT2D eigenvalue weighted by atomic mass is 16.2. The number of carbonyl (C=O) groups excluding carboxylic acids is 2. The molecule has 30 heavy (non-hydrogen) atoms. The lowest BCUT2D eigenvalue weighted by molar-refractivity contribution is -0.121. The van der Waals surface area contributed by atoms with Crippen LogP contribution in [0, 0.1) is 0 Å². The number of hydrogen-bond donors (Lipinski definition) is 2. The summed E-state index contributed by atoms with van der Waals surface area (Å²) in [5, 5.41) is 2.81. The molecule has 1 aromatic heterocycles. The van der Waals surface area contributed by atoms with E-state index >= 15 is 0 Å². The number of aromatic amines is 1. The normalized spacial score (nSPS) is 14.7. The van der Waals surface area contributed by atoms with Gasteiger partial charge in [0.05, 0.1) is 22.1 Å². The van der Waals surface area contributed by atoms with Crippen LogP contribution in [0.3, 0.4) is 0 Å². The average molecular weight is 396 g/mol. The van der Waals surface area contributed by atoms with Crippen LogP contribution in [0.15, 0.2) is 72.8 Å². The predicted octanol–water partition coefficient (Wildman–Crippen LogP) is 4.77. The Bertz CT molecular complexity index is 1280. The van der Waals surface area contributed by atoms with Crippen LogP contribution >= 0.6 is 0 Å². The quantitative estimate of drug-likeness (QED) is 0.524. The molecule has 1 aliphatic rings. The molecule has 0 fully saturated rings. The number of rotatable bonds is 3. The standard InChI is InChI=1S/C24H20N4O2/c1-24(2)17-13-18-19(14-20(17)28(22(24)30)16-11-7-4-8-12-16)26-23(25-18)27-21(29)15-9-5-3-6-10-15/h3-14H,1-2H3,(H2,25,26,27,29). The summed E-state index contributed by atoms with van der Waals surface area (Å²) in [4.78, 5) is 35.1. The van der Waals surface area contributed by atoms with Crippen molar-refractivity contribution in [3.63, 3.8) is 0 Å². The number of anilines is 3. The number of fused-ring (bicyclic) bond motifs is 2. The van der Waals surface area contributed by atoms with Gasteiger partial charge in [0, 0.05) is 11.3 Å². The van der Waals surface area contributed by atoms with Gasteiger partial charge in [-0.1, -0.05) is 36.4 Å². The van der Waals surface area contributed by atoms with Gasteiger partial charge in [-0.2, -0.15) is 0 Å². The maximum Gasteiger partial charge on any atom is 0.257 e. The summed E-state index contributed by atoms with van der Waals surface area (Å²) in [6.45, 7) is 3.85. The van der Waals surface area contributed by atoms with Crippen LogP contribution < -0.4 is 10.2 Å². The molecule has 148 valence electrons. The molecule has 0 aliphatic carbocycles. The van der Waals surface area contributed by atoms with Crippen LogP contribution in [0.2, 0.25) is 0 Å². The lowest BCUT2D eigenvalue weighted by Crippen LogP contribution is -2.33. The summed E-state index contributed by atoms with van der Waals surface area (Å²) in [6, 6.07) is 22.4. The number of benzene rings is 3. The monoisotopic (exact) mass is 396 g/mol. The second-order valence-electron chi connectivity index (χ2n) is 7.89. The first kappa shape index (κ1) is 18.1. The largest absolute Gasteiger partial charge is 0.324 e. The molecule has 0 saturated heterocycles. The van der Waals surface area contributed by atoms with E-state index in [-0.39, 0.29) is 11.8 Å². The summed E-state index contributed by atoms with van der Waals surface area (Å²) in [5.74, 6) is 0.162. The number of para-hydroxylation sites is 1. The van der Waals surface area contributed by atoms with E-state index in [1.807, 2.05) is 74.5 Å². The minimum Gasteiger partial charge on any atom is -0.324 e. The fraction of sp³-hybridized carbons (Fsp3) is 0.125. The van der Waals surface area contributed by atoms with Crippen molar-refractivity contribution in [2.24, 2.45) is 0 Å². The van der Waals surface area contributed by atoms with Crippen LogP contribution in [0.5, 0.6) is 0 Å². The zero-order valence-electron chi connectivity index (χ0n) is 16.6. The Balaban J connectivity index is 1.56. The molecule has 2 amide bonds. The molecule has 0 spiro atoms. The molecule has 0 bridgehead atoms. The van der Waals surface area contributed by atoms with Crippen molar-refractivity contribution < 1.29 is 9.59 Å². The van der Waals surface area contributed by atoms with Crippen LogP contribution in [0.1, 0.15) is 29.8 Å². The minimum atomic E-state index is -0.675. The highest BCUT2D eigenvalue weighted by Gasteiger charge is 2.45. The van der Waals surface area contributed by atoms with Gasteiger partial charge in [-0.15, -0.1) is 0 Å². The van der Waals surface area contributed by atoms with Gasteiger partial charge < -0.3 is 4.98 Å². The Kier molecular flexibility index (Phi) is 3.96. The average Bonchev–Trinajstić information content (AvgIpc) is 3.23. The summed E-state index contributed by atoms with van der Waals surface area (Å²) < 4.78 is 0. The predicted molar refractivity (Wildman–Crippen MR) is 117 cm³/mol. The van der Waals surface area contributed by atoms with Crippen LogP contribution in [-0.4, -0.2) is 21.8 Å². The zero-order valence-corrected chi connectivity index (χ0v) is 16.6. The minimum absolute atomic E-state index is 0.0222. The second-order valence-corrected chi connectivity index (χ2v) is 7.89. The van der Waals surface area contributed by atoms with E-state index in [2.05, 4.69) is 15.3 Å². The fourth-order valence-electron chi connectivity index (χ4n) is 3.90. The Morgan fingerprint density at radius 2 is 1.67 bits per heavy atom. The first-order valence-electron chi connectivity index (χ1n) is 9.75. The number of imidazole rings is 1. The van der Waals surface area contributed by atoms with Gasteiger partial charge in [0.15, 0.2) is 0 Å². The van der Waals surface area contributed by atoms with Gasteiger partial charge in [0.2, 0.25) is 11.9 Å². The molecular formula is C24H20N4O2.